The van der Waals surface area contributed by atoms with Crippen LogP contribution in [0.4, 0.5) is 5.69 Å². The molecule has 5 nitrogen and oxygen atoms in total. The molecule has 0 amide bonds. The van der Waals surface area contributed by atoms with Crippen LogP contribution in [0.25, 0.3) is 0 Å². The second-order valence-electron chi connectivity index (χ2n) is 3.85. The molecule has 1 heterocycles. The average Bonchev–Trinajstić information content (AvgIpc) is 2.74. The van der Waals surface area contributed by atoms with Crippen LogP contribution in [0.3, 0.4) is 0 Å². The first kappa shape index (κ1) is 12.4. The van der Waals surface area contributed by atoms with Gasteiger partial charge >= 0.3 is 5.97 Å². The predicted molar refractivity (Wildman–Crippen MR) is 69.1 cm³/mol. The third-order valence-corrected chi connectivity index (χ3v) is 2.76. The largest absolute Gasteiger partial charge is 0.478 e. The smallest absolute Gasteiger partial charge is 0.337 e. The van der Waals surface area contributed by atoms with Gasteiger partial charge in [0.15, 0.2) is 0 Å². The third-order valence-electron chi connectivity index (χ3n) is 2.44. The fraction of sp³-hybridized carbons (Fsp3) is 0.167. The van der Waals surface area contributed by atoms with Crippen molar-refractivity contribution < 1.29 is 9.90 Å². The Kier molecular flexibility index (Phi) is 3.53. The summed E-state index contributed by atoms with van der Waals surface area (Å²) in [5.41, 5.74) is 1.71. The Morgan fingerprint density at radius 2 is 2.33 bits per heavy atom. The van der Waals surface area contributed by atoms with Crippen molar-refractivity contribution in [2.24, 2.45) is 0 Å². The number of aromatic amines is 1. The molecule has 18 heavy (non-hydrogen) atoms. The Bertz CT molecular complexity index is 580. The highest BCUT2D eigenvalue weighted by atomic mass is 35.5. The summed E-state index contributed by atoms with van der Waals surface area (Å²) in [7, 11) is 0. The molecule has 1 aromatic carbocycles. The number of nitrogens with one attached hydrogen (secondary N) is 2. The standard InChI is InChI=1S/C12H12ClN3O2/c1-7-14-5-9(16-7)6-15-8-2-3-11(13)10(4-8)12(17)18/h2-5,15H,6H2,1H3,(H,14,16)(H,17,18). The average molecular weight is 266 g/mol. The van der Waals surface area contributed by atoms with Gasteiger partial charge in [0, 0.05) is 5.69 Å². The van der Waals surface area contributed by atoms with E-state index in [9.17, 15) is 4.79 Å². The van der Waals surface area contributed by atoms with E-state index >= 15 is 0 Å². The second-order valence-corrected chi connectivity index (χ2v) is 4.25. The summed E-state index contributed by atoms with van der Waals surface area (Å²) in [5, 5.41) is 12.3. The highest BCUT2D eigenvalue weighted by Gasteiger charge is 2.09. The lowest BCUT2D eigenvalue weighted by Crippen LogP contribution is -2.03. The quantitative estimate of drug-likeness (QED) is 0.794. The molecule has 0 spiro atoms. The summed E-state index contributed by atoms with van der Waals surface area (Å²) >= 11 is 5.79. The highest BCUT2D eigenvalue weighted by molar-refractivity contribution is 6.33. The van der Waals surface area contributed by atoms with E-state index in [0.717, 1.165) is 11.5 Å². The van der Waals surface area contributed by atoms with Crippen molar-refractivity contribution >= 4 is 23.3 Å². The van der Waals surface area contributed by atoms with Crippen LogP contribution in [-0.2, 0) is 6.54 Å². The Labute approximate surface area is 109 Å². The number of carboxylic acids is 1. The van der Waals surface area contributed by atoms with Gasteiger partial charge in [0.05, 0.1) is 29.0 Å². The van der Waals surface area contributed by atoms with Gasteiger partial charge < -0.3 is 15.4 Å². The molecule has 1 aromatic heterocycles. The first-order valence-electron chi connectivity index (χ1n) is 5.33. The first-order chi connectivity index (χ1) is 8.56. The molecule has 2 rings (SSSR count). The number of hydrogen-bond acceptors (Lipinski definition) is 3. The van der Waals surface area contributed by atoms with Crippen molar-refractivity contribution in [1.82, 2.24) is 9.97 Å². The van der Waals surface area contributed by atoms with Crippen LogP contribution in [0.15, 0.2) is 24.4 Å². The van der Waals surface area contributed by atoms with Crippen LogP contribution in [0.2, 0.25) is 5.02 Å². The molecule has 6 heteroatoms. The van der Waals surface area contributed by atoms with Crippen molar-refractivity contribution in [1.29, 1.82) is 0 Å². The molecular formula is C12H12ClN3O2. The number of halogens is 1. The van der Waals surface area contributed by atoms with Gasteiger partial charge in [-0.05, 0) is 25.1 Å². The number of H-pyrrole nitrogens is 1. The van der Waals surface area contributed by atoms with E-state index in [0.29, 0.717) is 12.2 Å². The van der Waals surface area contributed by atoms with Crippen LogP contribution < -0.4 is 5.32 Å². The van der Waals surface area contributed by atoms with E-state index in [1.807, 2.05) is 6.92 Å². The molecule has 0 bridgehead atoms. The molecule has 0 aliphatic rings. The van der Waals surface area contributed by atoms with Gasteiger partial charge in [-0.15, -0.1) is 0 Å². The van der Waals surface area contributed by atoms with Gasteiger partial charge in [0.25, 0.3) is 0 Å². The number of hydrogen-bond donors (Lipinski definition) is 3. The minimum absolute atomic E-state index is 0.0856. The summed E-state index contributed by atoms with van der Waals surface area (Å²) in [4.78, 5) is 18.1. The number of anilines is 1. The normalized spacial score (nSPS) is 10.3. The number of nitrogens with zero attached hydrogens (tertiary/aromatic N) is 1. The number of imidazole rings is 1. The molecule has 0 radical (unpaired) electrons. The number of rotatable bonds is 4. The van der Waals surface area contributed by atoms with Crippen LogP contribution in [0.5, 0.6) is 0 Å². The maximum atomic E-state index is 10.9. The number of aromatic nitrogens is 2. The Balaban J connectivity index is 2.10. The zero-order chi connectivity index (χ0) is 13.1. The zero-order valence-electron chi connectivity index (χ0n) is 9.70. The van der Waals surface area contributed by atoms with E-state index < -0.39 is 5.97 Å². The van der Waals surface area contributed by atoms with Gasteiger partial charge in [0.1, 0.15) is 5.82 Å². The van der Waals surface area contributed by atoms with Crippen molar-refractivity contribution in [3.05, 3.63) is 46.5 Å². The molecule has 0 atom stereocenters. The van der Waals surface area contributed by atoms with Crippen LogP contribution in [0, 0.1) is 6.92 Å². The topological polar surface area (TPSA) is 78.0 Å². The number of carbonyl (C=O) groups is 1. The third kappa shape index (κ3) is 2.81. The van der Waals surface area contributed by atoms with Gasteiger partial charge in [-0.2, -0.15) is 0 Å². The van der Waals surface area contributed by atoms with Gasteiger partial charge in [-0.25, -0.2) is 9.78 Å². The van der Waals surface area contributed by atoms with Gasteiger partial charge in [-0.3, -0.25) is 0 Å². The Morgan fingerprint density at radius 1 is 1.56 bits per heavy atom. The number of carboxylic acid groups (broad SMARTS) is 1. The molecule has 0 saturated carbocycles. The fourth-order valence-electron chi connectivity index (χ4n) is 1.56. The minimum atomic E-state index is -1.04. The fourth-order valence-corrected chi connectivity index (χ4v) is 1.76. The Morgan fingerprint density at radius 3 is 2.94 bits per heavy atom. The zero-order valence-corrected chi connectivity index (χ0v) is 10.5. The van der Waals surface area contributed by atoms with E-state index in [1.165, 1.54) is 6.07 Å². The molecule has 0 aliphatic carbocycles. The summed E-state index contributed by atoms with van der Waals surface area (Å²) < 4.78 is 0. The van der Waals surface area contributed by atoms with Crippen LogP contribution in [-0.4, -0.2) is 21.0 Å². The number of aromatic carboxylic acids is 1. The molecule has 0 saturated heterocycles. The molecule has 0 unspecified atom stereocenters. The number of aryl methyl sites for hydroxylation is 1. The summed E-state index contributed by atoms with van der Waals surface area (Å²) in [6.07, 6.45) is 1.73. The lowest BCUT2D eigenvalue weighted by Gasteiger charge is -2.06. The van der Waals surface area contributed by atoms with Gasteiger partial charge in [-0.1, -0.05) is 11.6 Å². The molecule has 0 aliphatic heterocycles. The highest BCUT2D eigenvalue weighted by Crippen LogP contribution is 2.20. The predicted octanol–water partition coefficient (Wildman–Crippen LogP) is 2.68. The summed E-state index contributed by atoms with van der Waals surface area (Å²) in [6, 6.07) is 4.80. The van der Waals surface area contributed by atoms with Crippen molar-refractivity contribution in [3.8, 4) is 0 Å². The van der Waals surface area contributed by atoms with Crippen molar-refractivity contribution in [3.63, 3.8) is 0 Å². The molecule has 2 aromatic rings. The second kappa shape index (κ2) is 5.10. The van der Waals surface area contributed by atoms with Gasteiger partial charge in [0.2, 0.25) is 0 Å². The Hall–Kier alpha value is -2.01. The maximum absolute atomic E-state index is 10.9. The molecule has 94 valence electrons. The van der Waals surface area contributed by atoms with E-state index in [2.05, 4.69) is 15.3 Å². The van der Waals surface area contributed by atoms with Crippen molar-refractivity contribution in [2.45, 2.75) is 13.5 Å². The summed E-state index contributed by atoms with van der Waals surface area (Å²) in [6.45, 7) is 2.41. The van der Waals surface area contributed by atoms with E-state index in [4.69, 9.17) is 16.7 Å². The molecular weight excluding hydrogens is 254 g/mol. The van der Waals surface area contributed by atoms with E-state index in [1.54, 1.807) is 18.3 Å². The lowest BCUT2D eigenvalue weighted by molar-refractivity contribution is 0.0697. The minimum Gasteiger partial charge on any atom is -0.478 e. The molecule has 0 fully saturated rings. The number of benzene rings is 1. The first-order valence-corrected chi connectivity index (χ1v) is 5.71. The maximum Gasteiger partial charge on any atom is 0.337 e. The lowest BCUT2D eigenvalue weighted by atomic mass is 10.2. The van der Waals surface area contributed by atoms with Crippen LogP contribution in [0.1, 0.15) is 21.9 Å². The van der Waals surface area contributed by atoms with E-state index in [-0.39, 0.29) is 10.6 Å². The SMILES string of the molecule is Cc1ncc(CNc2ccc(Cl)c(C(=O)O)c2)[nH]1. The summed E-state index contributed by atoms with van der Waals surface area (Å²) in [5.74, 6) is -0.199. The van der Waals surface area contributed by atoms with Crippen molar-refractivity contribution in [2.75, 3.05) is 5.32 Å². The monoisotopic (exact) mass is 265 g/mol. The van der Waals surface area contributed by atoms with Crippen LogP contribution >= 0.6 is 11.6 Å². The molecule has 3 N–H and O–H groups in total.